The van der Waals surface area contributed by atoms with E-state index in [1.54, 1.807) is 12.4 Å². The lowest BCUT2D eigenvalue weighted by Crippen LogP contribution is -1.83. The molecule has 0 saturated carbocycles. The van der Waals surface area contributed by atoms with E-state index in [-0.39, 0.29) is 0 Å². The zero-order chi connectivity index (χ0) is 11.0. The molecule has 78 valence electrons. The molecule has 0 aliphatic heterocycles. The Morgan fingerprint density at radius 2 is 2.00 bits per heavy atom. The van der Waals surface area contributed by atoms with E-state index in [9.17, 15) is 0 Å². The van der Waals surface area contributed by atoms with E-state index in [2.05, 4.69) is 43.2 Å². The van der Waals surface area contributed by atoms with Crippen LogP contribution in [0.4, 0.5) is 0 Å². The van der Waals surface area contributed by atoms with Gasteiger partial charge in [-0.1, -0.05) is 28.1 Å². The molecular weight excluding hydrogens is 266 g/mol. The molecule has 2 aromatic heterocycles. The Morgan fingerprint density at radius 1 is 1.06 bits per heavy atom. The van der Waals surface area contributed by atoms with Crippen LogP contribution in [0.1, 0.15) is 0 Å². The predicted octanol–water partition coefficient (Wildman–Crippen LogP) is 3.39. The van der Waals surface area contributed by atoms with Crippen molar-refractivity contribution in [1.29, 1.82) is 0 Å². The molecule has 3 rings (SSSR count). The van der Waals surface area contributed by atoms with Gasteiger partial charge in [-0.15, -0.1) is 0 Å². The Labute approximate surface area is 101 Å². The highest BCUT2D eigenvalue weighted by Gasteiger charge is 2.03. The molecule has 0 unspecified atom stereocenters. The fraction of sp³-hybridized carbons (Fsp3) is 0. The van der Waals surface area contributed by atoms with Crippen LogP contribution in [0.5, 0.6) is 0 Å². The van der Waals surface area contributed by atoms with Gasteiger partial charge in [0.15, 0.2) is 0 Å². The van der Waals surface area contributed by atoms with Gasteiger partial charge in [0.1, 0.15) is 0 Å². The summed E-state index contributed by atoms with van der Waals surface area (Å²) in [5.74, 6) is 0. The average molecular weight is 274 g/mol. The minimum Gasteiger partial charge on any atom is -0.278 e. The van der Waals surface area contributed by atoms with E-state index in [1.165, 1.54) is 0 Å². The standard InChI is InChI=1S/C12H8BrN3/c13-10-3-5-14-12-7-8(1-2-9(10)12)11-4-6-15-16-11/h1-7H,(H,15,16). The molecule has 3 nitrogen and oxygen atoms in total. The van der Waals surface area contributed by atoms with Crippen molar-refractivity contribution < 1.29 is 0 Å². The summed E-state index contributed by atoms with van der Waals surface area (Å²) in [7, 11) is 0. The van der Waals surface area contributed by atoms with Crippen LogP contribution in [0, 0.1) is 0 Å². The highest BCUT2D eigenvalue weighted by molar-refractivity contribution is 9.10. The van der Waals surface area contributed by atoms with Crippen molar-refractivity contribution in [1.82, 2.24) is 15.2 Å². The van der Waals surface area contributed by atoms with Crippen LogP contribution < -0.4 is 0 Å². The lowest BCUT2D eigenvalue weighted by atomic mass is 10.1. The molecule has 1 N–H and O–H groups in total. The third-order valence-electron chi connectivity index (χ3n) is 2.50. The summed E-state index contributed by atoms with van der Waals surface area (Å²) in [4.78, 5) is 4.35. The van der Waals surface area contributed by atoms with Gasteiger partial charge in [-0.05, 0) is 18.2 Å². The van der Waals surface area contributed by atoms with Crippen LogP contribution in [0.2, 0.25) is 0 Å². The van der Waals surface area contributed by atoms with Crippen LogP contribution in [0.25, 0.3) is 22.2 Å². The number of H-pyrrole nitrogens is 1. The minimum atomic E-state index is 0.974. The van der Waals surface area contributed by atoms with Gasteiger partial charge in [-0.2, -0.15) is 5.10 Å². The smallest absolute Gasteiger partial charge is 0.0720 e. The molecule has 0 aliphatic carbocycles. The molecule has 0 fully saturated rings. The number of rotatable bonds is 1. The Kier molecular flexibility index (Phi) is 2.22. The van der Waals surface area contributed by atoms with E-state index < -0.39 is 0 Å². The molecule has 2 heterocycles. The first kappa shape index (κ1) is 9.54. The molecule has 0 radical (unpaired) electrons. The molecule has 0 bridgehead atoms. The SMILES string of the molecule is Brc1ccnc2cc(-c3ccn[nH]3)ccc12. The highest BCUT2D eigenvalue weighted by Crippen LogP contribution is 2.26. The summed E-state index contributed by atoms with van der Waals surface area (Å²) in [6.45, 7) is 0. The normalized spacial score (nSPS) is 10.8. The van der Waals surface area contributed by atoms with Gasteiger partial charge in [0.05, 0.1) is 11.2 Å². The topological polar surface area (TPSA) is 41.6 Å². The number of nitrogens with zero attached hydrogens (tertiary/aromatic N) is 2. The fourth-order valence-corrected chi connectivity index (χ4v) is 2.15. The first-order valence-electron chi connectivity index (χ1n) is 4.88. The van der Waals surface area contributed by atoms with Crippen LogP contribution >= 0.6 is 15.9 Å². The molecule has 16 heavy (non-hydrogen) atoms. The fourth-order valence-electron chi connectivity index (χ4n) is 1.70. The van der Waals surface area contributed by atoms with Crippen LogP contribution in [-0.2, 0) is 0 Å². The summed E-state index contributed by atoms with van der Waals surface area (Å²) in [5.41, 5.74) is 3.07. The Balaban J connectivity index is 2.24. The predicted molar refractivity (Wildman–Crippen MR) is 67.0 cm³/mol. The third-order valence-corrected chi connectivity index (χ3v) is 3.19. The number of fused-ring (bicyclic) bond motifs is 1. The second-order valence-electron chi connectivity index (χ2n) is 3.50. The highest BCUT2D eigenvalue weighted by atomic mass is 79.9. The second kappa shape index (κ2) is 3.72. The summed E-state index contributed by atoms with van der Waals surface area (Å²) >= 11 is 3.51. The van der Waals surface area contributed by atoms with Gasteiger partial charge in [-0.25, -0.2) is 0 Å². The second-order valence-corrected chi connectivity index (χ2v) is 4.35. The van der Waals surface area contributed by atoms with Crippen LogP contribution in [0.3, 0.4) is 0 Å². The summed E-state index contributed by atoms with van der Waals surface area (Å²) < 4.78 is 1.06. The van der Waals surface area contributed by atoms with Crippen molar-refractivity contribution in [3.63, 3.8) is 0 Å². The van der Waals surface area contributed by atoms with Crippen molar-refractivity contribution in [3.05, 3.63) is 47.2 Å². The molecule has 0 saturated heterocycles. The number of benzene rings is 1. The summed E-state index contributed by atoms with van der Waals surface area (Å²) in [6.07, 6.45) is 3.54. The van der Waals surface area contributed by atoms with Gasteiger partial charge in [0.25, 0.3) is 0 Å². The lowest BCUT2D eigenvalue weighted by Gasteiger charge is -2.02. The molecule has 0 spiro atoms. The molecule has 0 atom stereocenters. The molecule has 1 aromatic carbocycles. The number of halogens is 1. The van der Waals surface area contributed by atoms with Crippen molar-refractivity contribution in [2.75, 3.05) is 0 Å². The number of hydrogen-bond donors (Lipinski definition) is 1. The van der Waals surface area contributed by atoms with Crippen molar-refractivity contribution in [2.24, 2.45) is 0 Å². The minimum absolute atomic E-state index is 0.974. The van der Waals surface area contributed by atoms with Gasteiger partial charge in [0.2, 0.25) is 0 Å². The number of aromatic amines is 1. The largest absolute Gasteiger partial charge is 0.278 e. The van der Waals surface area contributed by atoms with E-state index in [1.807, 2.05) is 18.2 Å². The van der Waals surface area contributed by atoms with Crippen molar-refractivity contribution in [2.45, 2.75) is 0 Å². The molecule has 3 aromatic rings. The van der Waals surface area contributed by atoms with Crippen molar-refractivity contribution in [3.8, 4) is 11.3 Å². The van der Waals surface area contributed by atoms with Gasteiger partial charge in [-0.3, -0.25) is 10.1 Å². The van der Waals surface area contributed by atoms with Gasteiger partial charge < -0.3 is 0 Å². The van der Waals surface area contributed by atoms with Gasteiger partial charge >= 0.3 is 0 Å². The zero-order valence-electron chi connectivity index (χ0n) is 8.31. The van der Waals surface area contributed by atoms with E-state index >= 15 is 0 Å². The average Bonchev–Trinajstić information content (AvgIpc) is 2.82. The van der Waals surface area contributed by atoms with Gasteiger partial charge in [0, 0.05) is 27.8 Å². The van der Waals surface area contributed by atoms with Crippen LogP contribution in [-0.4, -0.2) is 15.2 Å². The van der Waals surface area contributed by atoms with E-state index in [0.29, 0.717) is 0 Å². The maximum atomic E-state index is 4.35. The molecule has 4 heteroatoms. The van der Waals surface area contributed by atoms with E-state index in [4.69, 9.17) is 0 Å². The Bertz CT molecular complexity index is 632. The maximum Gasteiger partial charge on any atom is 0.0720 e. The summed E-state index contributed by atoms with van der Waals surface area (Å²) in [5, 5.41) is 8.00. The first-order chi connectivity index (χ1) is 7.84. The summed E-state index contributed by atoms with van der Waals surface area (Å²) in [6, 6.07) is 10.1. The Morgan fingerprint density at radius 3 is 2.81 bits per heavy atom. The molecular formula is C12H8BrN3. The number of nitrogens with one attached hydrogen (secondary N) is 1. The van der Waals surface area contributed by atoms with Crippen molar-refractivity contribution >= 4 is 26.8 Å². The molecule has 0 aliphatic rings. The number of aromatic nitrogens is 3. The quantitative estimate of drug-likeness (QED) is 0.739. The van der Waals surface area contributed by atoms with E-state index in [0.717, 1.165) is 26.6 Å². The lowest BCUT2D eigenvalue weighted by molar-refractivity contribution is 1.10. The number of pyridine rings is 1. The first-order valence-corrected chi connectivity index (χ1v) is 5.68. The maximum absolute atomic E-state index is 4.35. The Hall–Kier alpha value is -1.68. The molecule has 0 amide bonds. The number of hydrogen-bond acceptors (Lipinski definition) is 2. The monoisotopic (exact) mass is 273 g/mol. The third kappa shape index (κ3) is 1.51. The van der Waals surface area contributed by atoms with Crippen LogP contribution in [0.15, 0.2) is 47.2 Å². The zero-order valence-corrected chi connectivity index (χ0v) is 9.90.